The molecule has 0 aromatic carbocycles. The minimum Gasteiger partial charge on any atom is -0.468 e. The van der Waals surface area contributed by atoms with Crippen LogP contribution in [0.5, 0.6) is 0 Å². The summed E-state index contributed by atoms with van der Waals surface area (Å²) in [6, 6.07) is 4.12. The molecule has 0 spiro atoms. The Labute approximate surface area is 94.5 Å². The summed E-state index contributed by atoms with van der Waals surface area (Å²) >= 11 is 0. The van der Waals surface area contributed by atoms with Gasteiger partial charge in [0.2, 0.25) is 0 Å². The van der Waals surface area contributed by atoms with Crippen molar-refractivity contribution in [1.82, 2.24) is 20.1 Å². The van der Waals surface area contributed by atoms with Crippen LogP contribution in [-0.2, 0) is 13.6 Å². The predicted octanol–water partition coefficient (Wildman–Crippen LogP) is 1.65. The summed E-state index contributed by atoms with van der Waals surface area (Å²) in [7, 11) is 1.94. The van der Waals surface area contributed by atoms with Gasteiger partial charge in [-0.05, 0) is 18.6 Å². The van der Waals surface area contributed by atoms with Gasteiger partial charge in [0, 0.05) is 7.05 Å². The van der Waals surface area contributed by atoms with Gasteiger partial charge in [-0.2, -0.15) is 0 Å². The zero-order valence-corrected chi connectivity index (χ0v) is 9.55. The van der Waals surface area contributed by atoms with E-state index in [2.05, 4.69) is 22.4 Å². The van der Waals surface area contributed by atoms with E-state index in [9.17, 15) is 0 Å². The highest BCUT2D eigenvalue weighted by Crippen LogP contribution is 2.16. The molecule has 0 aliphatic heterocycles. The maximum Gasteiger partial charge on any atom is 0.146 e. The second kappa shape index (κ2) is 4.94. The van der Waals surface area contributed by atoms with Gasteiger partial charge >= 0.3 is 0 Å². The molecule has 16 heavy (non-hydrogen) atoms. The second-order valence-electron chi connectivity index (χ2n) is 3.72. The van der Waals surface area contributed by atoms with Gasteiger partial charge in [-0.1, -0.05) is 6.92 Å². The van der Waals surface area contributed by atoms with E-state index < -0.39 is 0 Å². The fourth-order valence-corrected chi connectivity index (χ4v) is 1.62. The van der Waals surface area contributed by atoms with Gasteiger partial charge in [-0.25, -0.2) is 0 Å². The van der Waals surface area contributed by atoms with Crippen LogP contribution in [0.25, 0.3) is 0 Å². The number of aromatic nitrogens is 3. The minimum absolute atomic E-state index is 0.228. The summed E-state index contributed by atoms with van der Waals surface area (Å²) in [5.41, 5.74) is 0. The summed E-state index contributed by atoms with van der Waals surface area (Å²) in [6.07, 6.45) is 4.37. The predicted molar refractivity (Wildman–Crippen MR) is 59.6 cm³/mol. The van der Waals surface area contributed by atoms with Crippen molar-refractivity contribution in [3.05, 3.63) is 36.3 Å². The van der Waals surface area contributed by atoms with Crippen LogP contribution < -0.4 is 5.32 Å². The average molecular weight is 220 g/mol. The normalized spacial score (nSPS) is 12.9. The Bertz CT molecular complexity index is 421. The number of hydrogen-bond donors (Lipinski definition) is 1. The number of nitrogens with zero attached hydrogens (tertiary/aromatic N) is 3. The lowest BCUT2D eigenvalue weighted by Gasteiger charge is -2.13. The number of aryl methyl sites for hydroxylation is 1. The lowest BCUT2D eigenvalue weighted by molar-refractivity contribution is 0.398. The first-order valence-corrected chi connectivity index (χ1v) is 5.41. The molecular weight excluding hydrogens is 204 g/mol. The highest BCUT2D eigenvalue weighted by Gasteiger charge is 2.12. The Morgan fingerprint density at radius 3 is 3.00 bits per heavy atom. The van der Waals surface area contributed by atoms with Crippen molar-refractivity contribution in [2.24, 2.45) is 7.05 Å². The lowest BCUT2D eigenvalue weighted by Crippen LogP contribution is -2.21. The lowest BCUT2D eigenvalue weighted by atomic mass is 10.2. The zero-order valence-electron chi connectivity index (χ0n) is 9.55. The molecular formula is C11H16N4O. The summed E-state index contributed by atoms with van der Waals surface area (Å²) in [6.45, 7) is 2.81. The summed E-state index contributed by atoms with van der Waals surface area (Å²) < 4.78 is 7.29. The van der Waals surface area contributed by atoms with Crippen LogP contribution in [0, 0.1) is 0 Å². The molecule has 1 unspecified atom stereocenters. The largest absolute Gasteiger partial charge is 0.468 e. The van der Waals surface area contributed by atoms with Gasteiger partial charge < -0.3 is 14.3 Å². The number of hydrogen-bond acceptors (Lipinski definition) is 4. The Morgan fingerprint density at radius 1 is 1.56 bits per heavy atom. The molecule has 2 aromatic heterocycles. The van der Waals surface area contributed by atoms with E-state index in [1.54, 1.807) is 12.6 Å². The van der Waals surface area contributed by atoms with Crippen molar-refractivity contribution in [1.29, 1.82) is 0 Å². The molecule has 0 saturated heterocycles. The fraction of sp³-hybridized carbons (Fsp3) is 0.455. The third-order valence-corrected chi connectivity index (χ3v) is 2.61. The Kier molecular flexibility index (Phi) is 3.36. The standard InChI is InChI=1S/C11H16N4O/c1-3-9(10-5-4-6-16-10)12-7-11-14-13-8-15(11)2/h4-6,8-9,12H,3,7H2,1-2H3. The molecule has 86 valence electrons. The summed E-state index contributed by atoms with van der Waals surface area (Å²) in [5, 5.41) is 11.3. The maximum atomic E-state index is 5.38. The van der Waals surface area contributed by atoms with Gasteiger partial charge in [-0.15, -0.1) is 10.2 Å². The van der Waals surface area contributed by atoms with E-state index in [1.165, 1.54) is 0 Å². The van der Waals surface area contributed by atoms with Gasteiger partial charge in [-0.3, -0.25) is 0 Å². The van der Waals surface area contributed by atoms with Crippen molar-refractivity contribution in [3.8, 4) is 0 Å². The highest BCUT2D eigenvalue weighted by atomic mass is 16.3. The Balaban J connectivity index is 1.96. The molecule has 5 heteroatoms. The van der Waals surface area contributed by atoms with Gasteiger partial charge in [0.15, 0.2) is 0 Å². The molecule has 0 saturated carbocycles. The monoisotopic (exact) mass is 220 g/mol. The number of furan rings is 1. The summed E-state index contributed by atoms with van der Waals surface area (Å²) in [4.78, 5) is 0. The van der Waals surface area contributed by atoms with Crippen LogP contribution in [0.3, 0.4) is 0 Å². The van der Waals surface area contributed by atoms with Crippen molar-refractivity contribution in [3.63, 3.8) is 0 Å². The topological polar surface area (TPSA) is 55.9 Å². The molecule has 0 amide bonds. The molecule has 2 rings (SSSR count). The molecule has 0 fully saturated rings. The fourth-order valence-electron chi connectivity index (χ4n) is 1.62. The van der Waals surface area contributed by atoms with Gasteiger partial charge in [0.05, 0.1) is 18.8 Å². The molecule has 2 aromatic rings. The van der Waals surface area contributed by atoms with Gasteiger partial charge in [0.25, 0.3) is 0 Å². The first-order chi connectivity index (χ1) is 7.81. The molecule has 5 nitrogen and oxygen atoms in total. The third-order valence-electron chi connectivity index (χ3n) is 2.61. The van der Waals surface area contributed by atoms with Crippen LogP contribution in [0.15, 0.2) is 29.1 Å². The number of nitrogens with one attached hydrogen (secondary N) is 1. The van der Waals surface area contributed by atoms with E-state index in [0.717, 1.165) is 18.0 Å². The maximum absolute atomic E-state index is 5.38. The van der Waals surface area contributed by atoms with Crippen molar-refractivity contribution in [2.45, 2.75) is 25.9 Å². The molecule has 0 aliphatic rings. The van der Waals surface area contributed by atoms with E-state index in [0.29, 0.717) is 6.54 Å². The smallest absolute Gasteiger partial charge is 0.146 e. The first kappa shape index (κ1) is 10.9. The van der Waals surface area contributed by atoms with Crippen LogP contribution in [0.4, 0.5) is 0 Å². The van der Waals surface area contributed by atoms with Crippen LogP contribution in [-0.4, -0.2) is 14.8 Å². The third kappa shape index (κ3) is 2.30. The van der Waals surface area contributed by atoms with Crippen LogP contribution in [0.1, 0.15) is 31.0 Å². The Morgan fingerprint density at radius 2 is 2.44 bits per heavy atom. The highest BCUT2D eigenvalue weighted by molar-refractivity contribution is 5.04. The average Bonchev–Trinajstić information content (AvgIpc) is 2.92. The van der Waals surface area contributed by atoms with Crippen molar-refractivity contribution >= 4 is 0 Å². The molecule has 0 aliphatic carbocycles. The quantitative estimate of drug-likeness (QED) is 0.832. The van der Waals surface area contributed by atoms with E-state index >= 15 is 0 Å². The molecule has 0 bridgehead atoms. The SMILES string of the molecule is CCC(NCc1nncn1C)c1ccco1. The van der Waals surface area contributed by atoms with E-state index in [-0.39, 0.29) is 6.04 Å². The summed E-state index contributed by atoms with van der Waals surface area (Å²) in [5.74, 6) is 1.88. The van der Waals surface area contributed by atoms with Crippen LogP contribution in [0.2, 0.25) is 0 Å². The van der Waals surface area contributed by atoms with Crippen molar-refractivity contribution in [2.75, 3.05) is 0 Å². The Hall–Kier alpha value is -1.62. The second-order valence-corrected chi connectivity index (χ2v) is 3.72. The van der Waals surface area contributed by atoms with E-state index in [4.69, 9.17) is 4.42 Å². The van der Waals surface area contributed by atoms with Crippen molar-refractivity contribution < 1.29 is 4.42 Å². The molecule has 1 N–H and O–H groups in total. The van der Waals surface area contributed by atoms with Gasteiger partial charge in [0.1, 0.15) is 17.9 Å². The number of rotatable bonds is 5. The van der Waals surface area contributed by atoms with Crippen LogP contribution >= 0.6 is 0 Å². The van der Waals surface area contributed by atoms with E-state index in [1.807, 2.05) is 23.7 Å². The molecule has 2 heterocycles. The molecule has 1 atom stereocenters. The molecule has 0 radical (unpaired) electrons. The first-order valence-electron chi connectivity index (χ1n) is 5.41. The minimum atomic E-state index is 0.228. The zero-order chi connectivity index (χ0) is 11.4.